The maximum absolute atomic E-state index is 12.5. The zero-order valence-corrected chi connectivity index (χ0v) is 15.4. The second-order valence-electron chi connectivity index (χ2n) is 5.92. The van der Waals surface area contributed by atoms with Gasteiger partial charge in [0.25, 0.3) is 5.91 Å². The fourth-order valence-electron chi connectivity index (χ4n) is 2.72. The highest BCUT2D eigenvalue weighted by Crippen LogP contribution is 2.37. The predicted octanol–water partition coefficient (Wildman–Crippen LogP) is 2.62. The summed E-state index contributed by atoms with van der Waals surface area (Å²) in [4.78, 5) is 30.4. The summed E-state index contributed by atoms with van der Waals surface area (Å²) in [6.45, 7) is 3.78. The minimum atomic E-state index is -0.613. The number of carbonyl (C=O) groups is 2. The Hall–Kier alpha value is -2.41. The Balaban J connectivity index is 1.98. The molecule has 3 rings (SSSR count). The number of likely N-dealkylation sites (N-methyl/N-ethyl adjacent to an activating group) is 1. The van der Waals surface area contributed by atoms with E-state index < -0.39 is 6.10 Å². The number of rotatable bonds is 5. The van der Waals surface area contributed by atoms with Crippen molar-refractivity contribution in [1.82, 2.24) is 10.3 Å². The van der Waals surface area contributed by atoms with E-state index in [9.17, 15) is 9.59 Å². The van der Waals surface area contributed by atoms with E-state index in [-0.39, 0.29) is 18.4 Å². The van der Waals surface area contributed by atoms with Gasteiger partial charge in [-0.2, -0.15) is 0 Å². The van der Waals surface area contributed by atoms with Gasteiger partial charge in [0.15, 0.2) is 6.10 Å². The van der Waals surface area contributed by atoms with E-state index in [1.54, 1.807) is 25.3 Å². The Morgan fingerprint density at radius 3 is 2.96 bits per heavy atom. The van der Waals surface area contributed by atoms with Gasteiger partial charge >= 0.3 is 0 Å². The van der Waals surface area contributed by atoms with Crippen molar-refractivity contribution < 1.29 is 14.3 Å². The molecule has 2 heterocycles. The zero-order valence-electron chi connectivity index (χ0n) is 14.5. The molecule has 0 saturated heterocycles. The molecule has 25 heavy (non-hydrogen) atoms. The van der Waals surface area contributed by atoms with Crippen molar-refractivity contribution >= 4 is 28.8 Å². The predicted molar refractivity (Wildman–Crippen MR) is 98.1 cm³/mol. The molecule has 1 aromatic carbocycles. The molecular formula is C18H21N3O3S. The van der Waals surface area contributed by atoms with Gasteiger partial charge in [0, 0.05) is 18.0 Å². The molecule has 1 aliphatic rings. The number of amides is 2. The van der Waals surface area contributed by atoms with Crippen LogP contribution < -0.4 is 15.0 Å². The number of ether oxygens (including phenoxy) is 1. The Kier molecular flexibility index (Phi) is 5.03. The molecule has 1 unspecified atom stereocenters. The number of fused-ring (bicyclic) bond motifs is 1. The van der Waals surface area contributed by atoms with Crippen LogP contribution in [0.15, 0.2) is 23.6 Å². The number of nitrogens with zero attached hydrogens (tertiary/aromatic N) is 2. The highest BCUT2D eigenvalue weighted by Gasteiger charge is 2.33. The van der Waals surface area contributed by atoms with E-state index in [1.807, 2.05) is 23.6 Å². The fourth-order valence-corrected chi connectivity index (χ4v) is 3.63. The molecule has 1 N–H and O–H groups in total. The molecule has 1 aromatic heterocycles. The molecular weight excluding hydrogens is 338 g/mol. The highest BCUT2D eigenvalue weighted by atomic mass is 32.1. The Bertz CT molecular complexity index is 803. The van der Waals surface area contributed by atoms with Gasteiger partial charge in [0.2, 0.25) is 5.91 Å². The number of aryl methyl sites for hydroxylation is 1. The van der Waals surface area contributed by atoms with Crippen molar-refractivity contribution in [3.8, 4) is 17.0 Å². The van der Waals surface area contributed by atoms with Crippen LogP contribution in [0.25, 0.3) is 11.3 Å². The van der Waals surface area contributed by atoms with Crippen LogP contribution >= 0.6 is 11.3 Å². The monoisotopic (exact) mass is 359 g/mol. The molecule has 0 radical (unpaired) electrons. The lowest BCUT2D eigenvalue weighted by Gasteiger charge is -2.32. The van der Waals surface area contributed by atoms with Gasteiger partial charge in [-0.1, -0.05) is 6.92 Å². The Labute approximate surface area is 150 Å². The fraction of sp³-hybridized carbons (Fsp3) is 0.389. The third-order valence-corrected chi connectivity index (χ3v) is 4.97. The summed E-state index contributed by atoms with van der Waals surface area (Å²) in [6, 6.07) is 5.64. The number of hydrogen-bond acceptors (Lipinski definition) is 5. The Morgan fingerprint density at radius 2 is 2.24 bits per heavy atom. The quantitative estimate of drug-likeness (QED) is 0.891. The minimum Gasteiger partial charge on any atom is -0.479 e. The van der Waals surface area contributed by atoms with Crippen LogP contribution in [0.5, 0.6) is 5.75 Å². The topological polar surface area (TPSA) is 71.5 Å². The molecule has 0 spiro atoms. The molecule has 1 atom stereocenters. The van der Waals surface area contributed by atoms with Crippen LogP contribution in [-0.4, -0.2) is 36.5 Å². The van der Waals surface area contributed by atoms with E-state index >= 15 is 0 Å². The second kappa shape index (κ2) is 7.23. The number of thiazole rings is 1. The van der Waals surface area contributed by atoms with Crippen molar-refractivity contribution in [1.29, 1.82) is 0 Å². The van der Waals surface area contributed by atoms with E-state index in [2.05, 4.69) is 17.2 Å². The van der Waals surface area contributed by atoms with Crippen molar-refractivity contribution in [3.05, 3.63) is 28.6 Å². The molecule has 0 fully saturated rings. The zero-order chi connectivity index (χ0) is 18.0. The van der Waals surface area contributed by atoms with Crippen LogP contribution in [0.2, 0.25) is 0 Å². The van der Waals surface area contributed by atoms with E-state index in [4.69, 9.17) is 4.74 Å². The first kappa shape index (κ1) is 17.4. The second-order valence-corrected chi connectivity index (χ2v) is 6.86. The first-order chi connectivity index (χ1) is 12.0. The molecule has 2 amide bonds. The number of hydrogen-bond donors (Lipinski definition) is 1. The number of anilines is 1. The van der Waals surface area contributed by atoms with Crippen LogP contribution in [0.1, 0.15) is 25.3 Å². The first-order valence-electron chi connectivity index (χ1n) is 8.31. The number of carbonyl (C=O) groups excluding carboxylic acids is 2. The molecule has 0 bridgehead atoms. The van der Waals surface area contributed by atoms with Gasteiger partial charge in [-0.15, -0.1) is 11.3 Å². The molecule has 1 aliphatic heterocycles. The van der Waals surface area contributed by atoms with Gasteiger partial charge in [-0.3, -0.25) is 14.5 Å². The van der Waals surface area contributed by atoms with Crippen molar-refractivity contribution in [2.75, 3.05) is 18.5 Å². The van der Waals surface area contributed by atoms with Gasteiger partial charge in [0.05, 0.1) is 16.4 Å². The van der Waals surface area contributed by atoms with Gasteiger partial charge in [0.1, 0.15) is 12.3 Å². The molecule has 7 heteroatoms. The molecule has 0 saturated carbocycles. The van der Waals surface area contributed by atoms with Crippen molar-refractivity contribution in [3.63, 3.8) is 0 Å². The lowest BCUT2D eigenvalue weighted by atomic mass is 10.1. The standard InChI is InChI=1S/C18H21N3O3S/c1-4-5-17-20-13(10-25-17)12-6-7-15-14(8-12)21(9-16(22)19-3)18(23)11(2)24-15/h6-8,10-11H,4-5,9H2,1-3H3,(H,19,22). The summed E-state index contributed by atoms with van der Waals surface area (Å²) >= 11 is 1.64. The largest absolute Gasteiger partial charge is 0.479 e. The van der Waals surface area contributed by atoms with Crippen molar-refractivity contribution in [2.45, 2.75) is 32.8 Å². The Morgan fingerprint density at radius 1 is 1.44 bits per heavy atom. The SMILES string of the molecule is CCCc1nc(-c2ccc3c(c2)N(CC(=O)NC)C(=O)C(C)O3)cs1. The van der Waals surface area contributed by atoms with Gasteiger partial charge < -0.3 is 10.1 Å². The average Bonchev–Trinajstić information content (AvgIpc) is 3.07. The van der Waals surface area contributed by atoms with E-state index in [0.29, 0.717) is 11.4 Å². The smallest absolute Gasteiger partial charge is 0.268 e. The summed E-state index contributed by atoms with van der Waals surface area (Å²) in [5, 5.41) is 5.67. The van der Waals surface area contributed by atoms with E-state index in [0.717, 1.165) is 29.1 Å². The average molecular weight is 359 g/mol. The normalized spacial score (nSPS) is 16.4. The summed E-state index contributed by atoms with van der Waals surface area (Å²) in [7, 11) is 1.55. The third-order valence-electron chi connectivity index (χ3n) is 4.06. The number of nitrogens with one attached hydrogen (secondary N) is 1. The highest BCUT2D eigenvalue weighted by molar-refractivity contribution is 7.09. The van der Waals surface area contributed by atoms with Crippen LogP contribution in [0.3, 0.4) is 0 Å². The van der Waals surface area contributed by atoms with Gasteiger partial charge in [-0.05, 0) is 38.0 Å². The van der Waals surface area contributed by atoms with Crippen LogP contribution in [0, 0.1) is 0 Å². The summed E-state index contributed by atoms with van der Waals surface area (Å²) in [5.41, 5.74) is 2.39. The molecule has 2 aromatic rings. The van der Waals surface area contributed by atoms with Crippen molar-refractivity contribution in [2.24, 2.45) is 0 Å². The number of aromatic nitrogens is 1. The first-order valence-corrected chi connectivity index (χ1v) is 9.19. The van der Waals surface area contributed by atoms with Crippen LogP contribution in [-0.2, 0) is 16.0 Å². The van der Waals surface area contributed by atoms with Gasteiger partial charge in [-0.25, -0.2) is 4.98 Å². The lowest BCUT2D eigenvalue weighted by Crippen LogP contribution is -2.48. The molecule has 0 aliphatic carbocycles. The summed E-state index contributed by atoms with van der Waals surface area (Å²) in [5.74, 6) is 0.152. The molecule has 6 nitrogen and oxygen atoms in total. The maximum Gasteiger partial charge on any atom is 0.268 e. The lowest BCUT2D eigenvalue weighted by molar-refractivity contribution is -0.128. The summed E-state index contributed by atoms with van der Waals surface area (Å²) < 4.78 is 5.68. The molecule has 132 valence electrons. The minimum absolute atomic E-state index is 0.0301. The van der Waals surface area contributed by atoms with Crippen LogP contribution in [0.4, 0.5) is 5.69 Å². The van der Waals surface area contributed by atoms with E-state index in [1.165, 1.54) is 4.90 Å². The number of benzene rings is 1. The third kappa shape index (κ3) is 3.51. The maximum atomic E-state index is 12.5. The summed E-state index contributed by atoms with van der Waals surface area (Å²) in [6.07, 6.45) is 1.40.